The lowest BCUT2D eigenvalue weighted by Crippen LogP contribution is -2.38. The molecule has 0 spiro atoms. The summed E-state index contributed by atoms with van der Waals surface area (Å²) in [5, 5.41) is 10.0. The number of anilines is 1. The third-order valence-corrected chi connectivity index (χ3v) is 3.78. The smallest absolute Gasteiger partial charge is 0.334 e. The summed E-state index contributed by atoms with van der Waals surface area (Å²) in [6, 6.07) is 0. The van der Waals surface area contributed by atoms with E-state index in [2.05, 4.69) is 8.75 Å². The van der Waals surface area contributed by atoms with Crippen molar-refractivity contribution in [3.05, 3.63) is 12.2 Å². The summed E-state index contributed by atoms with van der Waals surface area (Å²) >= 11 is 0.981. The fourth-order valence-electron chi connectivity index (χ4n) is 2.10. The number of esters is 2. The fourth-order valence-corrected chi connectivity index (χ4v) is 2.62. The largest absolute Gasteiger partial charge is 0.471 e. The third-order valence-electron chi connectivity index (χ3n) is 3.28. The molecule has 24 heavy (non-hydrogen) atoms. The molecule has 130 valence electrons. The van der Waals surface area contributed by atoms with Crippen molar-refractivity contribution in [2.24, 2.45) is 0 Å². The topological polar surface area (TPSA) is 120 Å². The van der Waals surface area contributed by atoms with Crippen LogP contribution in [0.15, 0.2) is 12.2 Å². The van der Waals surface area contributed by atoms with E-state index in [1.54, 1.807) is 0 Å². The summed E-state index contributed by atoms with van der Waals surface area (Å²) < 4.78 is 28.6. The van der Waals surface area contributed by atoms with Crippen LogP contribution >= 0.6 is 11.7 Å². The van der Waals surface area contributed by atoms with Gasteiger partial charge in [0.15, 0.2) is 6.10 Å². The standard InChI is InChI=1S/C13H15N3O7S/c17-8(13-22-9(18)1-2-10(19)23-13)7-21-12-11(14-24-15-12)16-3-5-20-6-4-16/h1-2,8,13,17H,3-7H2. The highest BCUT2D eigenvalue weighted by atomic mass is 32.1. The van der Waals surface area contributed by atoms with Crippen LogP contribution in [0.4, 0.5) is 5.82 Å². The van der Waals surface area contributed by atoms with E-state index in [-0.39, 0.29) is 12.5 Å². The lowest BCUT2D eigenvalue weighted by atomic mass is 10.3. The molecule has 2 aliphatic rings. The Hall–Kier alpha value is -2.24. The first-order chi connectivity index (χ1) is 11.6. The second-order valence-electron chi connectivity index (χ2n) is 4.95. The maximum absolute atomic E-state index is 11.3. The number of carbonyl (C=O) groups excluding carboxylic acids is 2. The molecule has 1 unspecified atom stereocenters. The van der Waals surface area contributed by atoms with E-state index in [9.17, 15) is 14.7 Å². The summed E-state index contributed by atoms with van der Waals surface area (Å²) in [5.74, 6) is -0.749. The van der Waals surface area contributed by atoms with E-state index in [0.717, 1.165) is 23.9 Å². The maximum Gasteiger partial charge on any atom is 0.334 e. The summed E-state index contributed by atoms with van der Waals surface area (Å²) in [4.78, 5) is 24.6. The molecule has 1 saturated heterocycles. The number of hydrogen-bond donors (Lipinski definition) is 1. The number of aliphatic hydroxyl groups excluding tert-OH is 1. The first-order valence-electron chi connectivity index (χ1n) is 7.19. The van der Waals surface area contributed by atoms with Gasteiger partial charge in [-0.1, -0.05) is 0 Å². The quantitative estimate of drug-likeness (QED) is 0.663. The molecule has 2 aliphatic heterocycles. The Morgan fingerprint density at radius 1 is 1.25 bits per heavy atom. The van der Waals surface area contributed by atoms with Crippen LogP contribution < -0.4 is 9.64 Å². The minimum Gasteiger partial charge on any atom is -0.471 e. The van der Waals surface area contributed by atoms with Crippen molar-refractivity contribution in [3.63, 3.8) is 0 Å². The summed E-state index contributed by atoms with van der Waals surface area (Å²) in [6.45, 7) is 2.21. The van der Waals surface area contributed by atoms with Gasteiger partial charge in [0, 0.05) is 25.2 Å². The zero-order valence-corrected chi connectivity index (χ0v) is 13.3. The molecule has 0 amide bonds. The second kappa shape index (κ2) is 7.55. The fraction of sp³-hybridized carbons (Fsp3) is 0.538. The minimum atomic E-state index is -1.45. The average molecular weight is 357 g/mol. The van der Waals surface area contributed by atoms with Gasteiger partial charge < -0.3 is 29.0 Å². The van der Waals surface area contributed by atoms with Gasteiger partial charge >= 0.3 is 11.9 Å². The molecule has 1 aromatic heterocycles. The van der Waals surface area contributed by atoms with Crippen molar-refractivity contribution in [1.82, 2.24) is 8.75 Å². The summed E-state index contributed by atoms with van der Waals surface area (Å²) in [6.07, 6.45) is -0.955. The van der Waals surface area contributed by atoms with E-state index in [0.29, 0.717) is 32.1 Å². The molecule has 1 fully saturated rings. The van der Waals surface area contributed by atoms with Gasteiger partial charge in [-0.2, -0.15) is 4.37 Å². The van der Waals surface area contributed by atoms with Crippen LogP contribution in [0.1, 0.15) is 0 Å². The molecule has 1 atom stereocenters. The van der Waals surface area contributed by atoms with Crippen LogP contribution in [0.3, 0.4) is 0 Å². The molecule has 0 saturated carbocycles. The molecule has 3 heterocycles. The Morgan fingerprint density at radius 3 is 2.58 bits per heavy atom. The van der Waals surface area contributed by atoms with Crippen LogP contribution in [0.5, 0.6) is 5.88 Å². The Bertz CT molecular complexity index is 609. The molecule has 0 aliphatic carbocycles. The predicted molar refractivity (Wildman–Crippen MR) is 79.6 cm³/mol. The number of morpholine rings is 1. The molecular weight excluding hydrogens is 342 g/mol. The molecule has 10 nitrogen and oxygen atoms in total. The Kier molecular flexibility index (Phi) is 5.23. The van der Waals surface area contributed by atoms with Crippen LogP contribution in [0, 0.1) is 0 Å². The highest BCUT2D eigenvalue weighted by Gasteiger charge is 2.30. The Labute approximate surface area is 140 Å². The van der Waals surface area contributed by atoms with Crippen molar-refractivity contribution in [2.75, 3.05) is 37.8 Å². The van der Waals surface area contributed by atoms with Gasteiger partial charge in [-0.3, -0.25) is 0 Å². The van der Waals surface area contributed by atoms with Crippen molar-refractivity contribution >= 4 is 29.5 Å². The van der Waals surface area contributed by atoms with Gasteiger partial charge in [0.25, 0.3) is 12.2 Å². The molecule has 1 N–H and O–H groups in total. The van der Waals surface area contributed by atoms with E-state index in [1.165, 1.54) is 0 Å². The molecule has 11 heteroatoms. The Balaban J connectivity index is 1.58. The van der Waals surface area contributed by atoms with Gasteiger partial charge in [0.05, 0.1) is 24.9 Å². The average Bonchev–Trinajstić information content (AvgIpc) is 2.99. The molecular formula is C13H15N3O7S. The third kappa shape index (κ3) is 3.99. The van der Waals surface area contributed by atoms with E-state index in [4.69, 9.17) is 18.9 Å². The Morgan fingerprint density at radius 2 is 1.92 bits per heavy atom. The normalized spacial score (nSPS) is 20.3. The predicted octanol–water partition coefficient (Wildman–Crippen LogP) is -0.903. The van der Waals surface area contributed by atoms with Crippen molar-refractivity contribution < 1.29 is 33.6 Å². The monoisotopic (exact) mass is 357 g/mol. The SMILES string of the molecule is O=C1C=CC(=O)OC(C(O)COc2nsnc2N2CCOCC2)O1. The molecule has 0 radical (unpaired) electrons. The van der Waals surface area contributed by atoms with Crippen molar-refractivity contribution in [1.29, 1.82) is 0 Å². The summed E-state index contributed by atoms with van der Waals surface area (Å²) in [5.41, 5.74) is 0. The number of nitrogens with zero attached hydrogens (tertiary/aromatic N) is 3. The van der Waals surface area contributed by atoms with Crippen molar-refractivity contribution in [2.45, 2.75) is 12.4 Å². The van der Waals surface area contributed by atoms with Gasteiger partial charge in [-0.25, -0.2) is 9.59 Å². The zero-order valence-electron chi connectivity index (χ0n) is 12.5. The first-order valence-corrected chi connectivity index (χ1v) is 7.92. The van der Waals surface area contributed by atoms with Gasteiger partial charge in [0.2, 0.25) is 5.82 Å². The van der Waals surface area contributed by atoms with Crippen LogP contribution in [-0.4, -0.2) is 71.1 Å². The zero-order chi connectivity index (χ0) is 16.9. The highest BCUT2D eigenvalue weighted by Crippen LogP contribution is 2.26. The van der Waals surface area contributed by atoms with Crippen LogP contribution in [0.25, 0.3) is 0 Å². The lowest BCUT2D eigenvalue weighted by molar-refractivity contribution is -0.200. The van der Waals surface area contributed by atoms with Gasteiger partial charge in [-0.05, 0) is 0 Å². The highest BCUT2D eigenvalue weighted by molar-refractivity contribution is 6.99. The number of cyclic esters (lactones) is 2. The number of hydrogen-bond acceptors (Lipinski definition) is 11. The number of carbonyl (C=O) groups is 2. The number of rotatable bonds is 5. The molecule has 0 aromatic carbocycles. The van der Waals surface area contributed by atoms with Gasteiger partial charge in [-0.15, -0.1) is 4.37 Å². The van der Waals surface area contributed by atoms with Crippen molar-refractivity contribution in [3.8, 4) is 5.88 Å². The van der Waals surface area contributed by atoms with Gasteiger partial charge in [0.1, 0.15) is 6.61 Å². The summed E-state index contributed by atoms with van der Waals surface area (Å²) in [7, 11) is 0. The first kappa shape index (κ1) is 16.6. The number of aromatic nitrogens is 2. The minimum absolute atomic E-state index is 0.255. The van der Waals surface area contributed by atoms with Crippen LogP contribution in [0.2, 0.25) is 0 Å². The van der Waals surface area contributed by atoms with E-state index in [1.807, 2.05) is 4.90 Å². The molecule has 0 bridgehead atoms. The second-order valence-corrected chi connectivity index (χ2v) is 5.47. The maximum atomic E-state index is 11.3. The van der Waals surface area contributed by atoms with Crippen LogP contribution in [-0.2, 0) is 23.8 Å². The lowest BCUT2D eigenvalue weighted by Gasteiger charge is -2.27. The number of aliphatic hydroxyl groups is 1. The molecule has 1 aromatic rings. The van der Waals surface area contributed by atoms with E-state index < -0.39 is 24.3 Å². The number of ether oxygens (including phenoxy) is 4. The molecule has 3 rings (SSSR count). The van der Waals surface area contributed by atoms with E-state index >= 15 is 0 Å².